The number of nitrogens with zero attached hydrogens (tertiary/aromatic N) is 6. The van der Waals surface area contributed by atoms with Gasteiger partial charge in [-0.1, -0.05) is 0 Å². The van der Waals surface area contributed by atoms with Gasteiger partial charge in [0.2, 0.25) is 0 Å². The fourth-order valence-electron chi connectivity index (χ4n) is 2.07. The van der Waals surface area contributed by atoms with Crippen LogP contribution < -0.4 is 4.31 Å². The highest BCUT2D eigenvalue weighted by Gasteiger charge is 2.50. The molecule has 0 spiro atoms. The summed E-state index contributed by atoms with van der Waals surface area (Å²) >= 11 is 0.670. The van der Waals surface area contributed by atoms with Crippen molar-refractivity contribution in [1.29, 1.82) is 5.26 Å². The van der Waals surface area contributed by atoms with Gasteiger partial charge >= 0.3 is 22.0 Å². The fraction of sp³-hybridized carbons (Fsp3) is 0.214. The van der Waals surface area contributed by atoms with Crippen LogP contribution in [0.4, 0.5) is 27.6 Å². The van der Waals surface area contributed by atoms with Gasteiger partial charge in [0.15, 0.2) is 0 Å². The van der Waals surface area contributed by atoms with Gasteiger partial charge in [-0.2, -0.15) is 35.6 Å². The SMILES string of the molecule is N#Cc1ccc(N(Cc2ncc(-c3nnc(C(F)F)o3)s2)S(=O)(=O)C(F)(F)F)cn1. The van der Waals surface area contributed by atoms with E-state index < -0.39 is 40.1 Å². The molecular formula is C14H7F5N6O3S2. The number of halogens is 5. The number of pyridine rings is 1. The molecule has 158 valence electrons. The Morgan fingerprint density at radius 1 is 1.20 bits per heavy atom. The first kappa shape index (κ1) is 21.5. The minimum atomic E-state index is -5.85. The zero-order valence-corrected chi connectivity index (χ0v) is 15.8. The number of hydrogen-bond donors (Lipinski definition) is 0. The number of anilines is 1. The van der Waals surface area contributed by atoms with Gasteiger partial charge in [0.1, 0.15) is 21.6 Å². The number of nitriles is 1. The molecule has 0 amide bonds. The number of hydrogen-bond acceptors (Lipinski definition) is 9. The molecule has 0 N–H and O–H groups in total. The Hall–Kier alpha value is -3.19. The molecule has 3 heterocycles. The van der Waals surface area contributed by atoms with Crippen molar-refractivity contribution < 1.29 is 34.8 Å². The predicted molar refractivity (Wildman–Crippen MR) is 90.5 cm³/mol. The number of alkyl halides is 5. The molecule has 0 atom stereocenters. The summed E-state index contributed by atoms with van der Waals surface area (Å²) in [6.07, 6.45) is -1.16. The van der Waals surface area contributed by atoms with Gasteiger partial charge in [-0.25, -0.2) is 9.97 Å². The molecule has 3 aromatic heterocycles. The minimum absolute atomic E-state index is 0.0160. The van der Waals surface area contributed by atoms with Crippen LogP contribution in [0.1, 0.15) is 23.0 Å². The summed E-state index contributed by atoms with van der Waals surface area (Å²) in [4.78, 5) is 7.42. The van der Waals surface area contributed by atoms with E-state index in [0.717, 1.165) is 24.5 Å². The van der Waals surface area contributed by atoms with E-state index in [1.165, 1.54) is 0 Å². The molecule has 0 radical (unpaired) electrons. The average molecular weight is 466 g/mol. The van der Waals surface area contributed by atoms with Crippen LogP contribution in [0.3, 0.4) is 0 Å². The second-order valence-corrected chi connectivity index (χ2v) is 8.30. The lowest BCUT2D eigenvalue weighted by atomic mass is 10.3. The maximum absolute atomic E-state index is 13.1. The van der Waals surface area contributed by atoms with Gasteiger partial charge in [-0.3, -0.25) is 4.31 Å². The molecule has 0 aliphatic heterocycles. The molecule has 0 aliphatic carbocycles. The van der Waals surface area contributed by atoms with Crippen LogP contribution in [0, 0.1) is 11.3 Å². The minimum Gasteiger partial charge on any atom is -0.414 e. The van der Waals surface area contributed by atoms with Crippen molar-refractivity contribution in [3.8, 4) is 16.8 Å². The molecule has 0 unspecified atom stereocenters. The summed E-state index contributed by atoms with van der Waals surface area (Å²) in [6.45, 7) is -0.851. The van der Waals surface area contributed by atoms with Gasteiger partial charge in [0.05, 0.1) is 24.6 Å². The van der Waals surface area contributed by atoms with Gasteiger partial charge in [0.25, 0.3) is 11.8 Å². The molecule has 0 fully saturated rings. The molecule has 3 rings (SSSR count). The van der Waals surface area contributed by atoms with Crippen LogP contribution in [0.2, 0.25) is 0 Å². The first-order valence-corrected chi connectivity index (χ1v) is 9.80. The van der Waals surface area contributed by atoms with Gasteiger partial charge < -0.3 is 4.42 Å². The molecule has 0 bridgehead atoms. The Kier molecular flexibility index (Phi) is 5.67. The zero-order chi connectivity index (χ0) is 22.1. The molecule has 9 nitrogen and oxygen atoms in total. The van der Waals surface area contributed by atoms with Gasteiger partial charge in [-0.05, 0) is 12.1 Å². The van der Waals surface area contributed by atoms with E-state index in [0.29, 0.717) is 11.3 Å². The first-order valence-electron chi connectivity index (χ1n) is 7.54. The molecule has 0 aliphatic rings. The largest absolute Gasteiger partial charge is 0.516 e. The third-order valence-corrected chi connectivity index (χ3v) is 5.88. The third kappa shape index (κ3) is 4.21. The van der Waals surface area contributed by atoms with Crippen LogP contribution in [0.25, 0.3) is 10.8 Å². The Bertz CT molecular complexity index is 1180. The van der Waals surface area contributed by atoms with Crippen molar-refractivity contribution in [2.75, 3.05) is 4.31 Å². The summed E-state index contributed by atoms with van der Waals surface area (Å²) in [5, 5.41) is 15.1. The Morgan fingerprint density at radius 3 is 2.47 bits per heavy atom. The molecule has 30 heavy (non-hydrogen) atoms. The highest BCUT2D eigenvalue weighted by Crippen LogP contribution is 2.34. The van der Waals surface area contributed by atoms with E-state index in [-0.39, 0.29) is 25.8 Å². The average Bonchev–Trinajstić information content (AvgIpc) is 3.34. The zero-order valence-electron chi connectivity index (χ0n) is 14.2. The van der Waals surface area contributed by atoms with E-state index >= 15 is 0 Å². The highest BCUT2D eigenvalue weighted by molar-refractivity contribution is 7.93. The summed E-state index contributed by atoms with van der Waals surface area (Å²) in [5.74, 6) is -1.30. The lowest BCUT2D eigenvalue weighted by Gasteiger charge is -2.24. The third-order valence-electron chi connectivity index (χ3n) is 3.40. The van der Waals surface area contributed by atoms with Crippen molar-refractivity contribution in [3.05, 3.63) is 41.1 Å². The van der Waals surface area contributed by atoms with Crippen LogP contribution in [0.15, 0.2) is 28.9 Å². The van der Waals surface area contributed by atoms with E-state index in [4.69, 9.17) is 9.68 Å². The smallest absolute Gasteiger partial charge is 0.414 e. The number of rotatable bonds is 6. The first-order chi connectivity index (χ1) is 14.0. The van der Waals surface area contributed by atoms with Crippen LogP contribution in [-0.4, -0.2) is 34.1 Å². The Morgan fingerprint density at radius 2 is 1.93 bits per heavy atom. The van der Waals surface area contributed by atoms with Crippen molar-refractivity contribution in [1.82, 2.24) is 20.2 Å². The molecule has 0 saturated carbocycles. The van der Waals surface area contributed by atoms with E-state index in [9.17, 15) is 30.4 Å². The number of aromatic nitrogens is 4. The van der Waals surface area contributed by atoms with Crippen molar-refractivity contribution in [2.45, 2.75) is 18.5 Å². The maximum atomic E-state index is 13.1. The topological polar surface area (TPSA) is 126 Å². The van der Waals surface area contributed by atoms with Crippen molar-refractivity contribution >= 4 is 27.0 Å². The summed E-state index contributed by atoms with van der Waals surface area (Å²) in [5.41, 5.74) is -6.22. The van der Waals surface area contributed by atoms with E-state index in [1.807, 2.05) is 0 Å². The second-order valence-electron chi connectivity index (χ2n) is 5.34. The van der Waals surface area contributed by atoms with Crippen LogP contribution in [0.5, 0.6) is 0 Å². The number of sulfonamides is 1. The van der Waals surface area contributed by atoms with Gasteiger partial charge in [-0.15, -0.1) is 21.5 Å². The quantitative estimate of drug-likeness (QED) is 0.507. The highest BCUT2D eigenvalue weighted by atomic mass is 32.2. The van der Waals surface area contributed by atoms with E-state index in [2.05, 4.69) is 20.2 Å². The lowest BCUT2D eigenvalue weighted by Crippen LogP contribution is -2.40. The second kappa shape index (κ2) is 7.91. The summed E-state index contributed by atoms with van der Waals surface area (Å²) < 4.78 is 93.3. The molecule has 0 aromatic carbocycles. The summed E-state index contributed by atoms with van der Waals surface area (Å²) in [6, 6.07) is 3.68. The maximum Gasteiger partial charge on any atom is 0.516 e. The van der Waals surface area contributed by atoms with E-state index in [1.54, 1.807) is 6.07 Å². The van der Waals surface area contributed by atoms with Crippen molar-refractivity contribution in [3.63, 3.8) is 0 Å². The van der Waals surface area contributed by atoms with Crippen LogP contribution >= 0.6 is 11.3 Å². The summed E-state index contributed by atoms with van der Waals surface area (Å²) in [7, 11) is -5.85. The van der Waals surface area contributed by atoms with Gasteiger partial charge in [0, 0.05) is 0 Å². The molecule has 0 saturated heterocycles. The van der Waals surface area contributed by atoms with Crippen molar-refractivity contribution in [2.24, 2.45) is 0 Å². The fourth-order valence-corrected chi connectivity index (χ4v) is 3.90. The predicted octanol–water partition coefficient (Wildman–Crippen LogP) is 3.25. The van der Waals surface area contributed by atoms with Crippen LogP contribution in [-0.2, 0) is 16.6 Å². The number of thiazole rings is 1. The molecule has 3 aromatic rings. The lowest BCUT2D eigenvalue weighted by molar-refractivity contribution is -0.0438. The Labute approximate surface area is 168 Å². The standard InChI is InChI=1S/C14H7F5N6O3S2/c15-11(16)13-24-23-12(28-13)9-5-22-10(29-9)6-25(30(26,27)14(17,18)19)8-2-1-7(3-20)21-4-8/h1-2,4-5,11H,6H2. The molecular weight excluding hydrogens is 459 g/mol. The Balaban J connectivity index is 1.95. The normalized spacial score (nSPS) is 12.2. The monoisotopic (exact) mass is 466 g/mol. The molecule has 16 heteroatoms.